The van der Waals surface area contributed by atoms with Gasteiger partial charge in [-0.2, -0.15) is 0 Å². The lowest BCUT2D eigenvalue weighted by Gasteiger charge is -2.26. The molecule has 24 heavy (non-hydrogen) atoms. The molecule has 0 bridgehead atoms. The van der Waals surface area contributed by atoms with Gasteiger partial charge in [-0.1, -0.05) is 36.9 Å². The minimum atomic E-state index is 0.750. The number of benzene rings is 1. The molecule has 1 aliphatic heterocycles. The molecule has 1 aromatic carbocycles. The monoisotopic (exact) mass is 343 g/mol. The van der Waals surface area contributed by atoms with Crippen LogP contribution in [0.2, 0.25) is 0 Å². The summed E-state index contributed by atoms with van der Waals surface area (Å²) in [5.74, 6) is 0.946. The van der Waals surface area contributed by atoms with Crippen molar-refractivity contribution >= 4 is 33.8 Å². The van der Waals surface area contributed by atoms with E-state index in [-0.39, 0.29) is 0 Å². The average molecular weight is 343 g/mol. The molecular formula is C17H21N5OS. The summed E-state index contributed by atoms with van der Waals surface area (Å²) in [6.45, 7) is 7.66. The molecule has 2 aromatic heterocycles. The van der Waals surface area contributed by atoms with E-state index < -0.39 is 0 Å². The third-order valence-electron chi connectivity index (χ3n) is 4.37. The molecule has 0 saturated carbocycles. The Morgan fingerprint density at radius 2 is 1.96 bits per heavy atom. The first-order chi connectivity index (χ1) is 11.9. The highest BCUT2D eigenvalue weighted by Crippen LogP contribution is 2.27. The van der Waals surface area contributed by atoms with Crippen LogP contribution in [0, 0.1) is 0 Å². The van der Waals surface area contributed by atoms with Crippen molar-refractivity contribution in [1.82, 2.24) is 24.6 Å². The molecule has 0 unspecified atom stereocenters. The second kappa shape index (κ2) is 7.04. The fraction of sp³-hybridized carbons (Fsp3) is 0.471. The van der Waals surface area contributed by atoms with Crippen LogP contribution >= 0.6 is 11.8 Å². The molecule has 0 radical (unpaired) electrons. The van der Waals surface area contributed by atoms with Gasteiger partial charge in [0, 0.05) is 31.6 Å². The van der Waals surface area contributed by atoms with Crippen molar-refractivity contribution in [3.8, 4) is 0 Å². The van der Waals surface area contributed by atoms with Gasteiger partial charge in [0.15, 0.2) is 5.65 Å². The van der Waals surface area contributed by atoms with E-state index in [9.17, 15) is 0 Å². The number of nitrogens with zero attached hydrogens (tertiary/aromatic N) is 5. The van der Waals surface area contributed by atoms with Crippen molar-refractivity contribution in [2.45, 2.75) is 18.6 Å². The molecule has 1 saturated heterocycles. The molecule has 0 spiro atoms. The lowest BCUT2D eigenvalue weighted by Crippen LogP contribution is -2.38. The third kappa shape index (κ3) is 2.99. The molecule has 7 heteroatoms. The molecule has 4 rings (SSSR count). The summed E-state index contributed by atoms with van der Waals surface area (Å²) >= 11 is 1.63. The van der Waals surface area contributed by atoms with E-state index in [0.717, 1.165) is 66.9 Å². The lowest BCUT2D eigenvalue weighted by molar-refractivity contribution is 0.0366. The standard InChI is InChI=1S/C17H21N5OS/c1-2-24-17-18-16-15(19-20-17)13-5-3-4-6-14(13)22(16)8-7-21-9-11-23-12-10-21/h3-6H,2,7-12H2,1H3. The Kier molecular flexibility index (Phi) is 4.64. The zero-order valence-corrected chi connectivity index (χ0v) is 14.6. The molecule has 0 N–H and O–H groups in total. The number of hydrogen-bond acceptors (Lipinski definition) is 6. The van der Waals surface area contributed by atoms with Gasteiger partial charge in [0.25, 0.3) is 0 Å². The number of ether oxygens (including phenoxy) is 1. The summed E-state index contributed by atoms with van der Waals surface area (Å²) in [6.07, 6.45) is 0. The Labute approximate surface area is 145 Å². The highest BCUT2D eigenvalue weighted by atomic mass is 32.2. The highest BCUT2D eigenvalue weighted by Gasteiger charge is 2.16. The topological polar surface area (TPSA) is 56.1 Å². The minimum absolute atomic E-state index is 0.750. The van der Waals surface area contributed by atoms with Crippen molar-refractivity contribution in [2.75, 3.05) is 38.6 Å². The first kappa shape index (κ1) is 15.8. The van der Waals surface area contributed by atoms with Crippen molar-refractivity contribution in [3.63, 3.8) is 0 Å². The van der Waals surface area contributed by atoms with Crippen molar-refractivity contribution < 1.29 is 4.74 Å². The third-order valence-corrected chi connectivity index (χ3v) is 5.09. The van der Waals surface area contributed by atoms with Crippen molar-refractivity contribution in [2.24, 2.45) is 0 Å². The zero-order valence-electron chi connectivity index (χ0n) is 13.8. The predicted octanol–water partition coefficient (Wildman–Crippen LogP) is 2.42. The normalized spacial score (nSPS) is 16.2. The summed E-state index contributed by atoms with van der Waals surface area (Å²) < 4.78 is 7.72. The van der Waals surface area contributed by atoms with Crippen LogP contribution in [0.25, 0.3) is 22.1 Å². The summed E-state index contributed by atoms with van der Waals surface area (Å²) in [5.41, 5.74) is 3.02. The number of thioether (sulfide) groups is 1. The Morgan fingerprint density at radius 1 is 1.12 bits per heavy atom. The molecule has 126 valence electrons. The number of aromatic nitrogens is 4. The Bertz CT molecular complexity index is 843. The fourth-order valence-electron chi connectivity index (χ4n) is 3.17. The van der Waals surface area contributed by atoms with Gasteiger partial charge in [-0.15, -0.1) is 10.2 Å². The Balaban J connectivity index is 1.73. The molecular weight excluding hydrogens is 322 g/mol. The van der Waals surface area contributed by atoms with Crippen LogP contribution in [-0.2, 0) is 11.3 Å². The van der Waals surface area contributed by atoms with Gasteiger partial charge in [-0.25, -0.2) is 4.98 Å². The predicted molar refractivity (Wildman–Crippen MR) is 96.5 cm³/mol. The van der Waals surface area contributed by atoms with Crippen LogP contribution in [0.1, 0.15) is 6.92 Å². The lowest BCUT2D eigenvalue weighted by atomic mass is 10.2. The van der Waals surface area contributed by atoms with Crippen LogP contribution in [0.4, 0.5) is 0 Å². The summed E-state index contributed by atoms with van der Waals surface area (Å²) in [7, 11) is 0. The van der Waals surface area contributed by atoms with Gasteiger partial charge in [-0.05, 0) is 11.8 Å². The number of hydrogen-bond donors (Lipinski definition) is 0. The van der Waals surface area contributed by atoms with Gasteiger partial charge in [0.1, 0.15) is 5.52 Å². The Morgan fingerprint density at radius 3 is 2.79 bits per heavy atom. The van der Waals surface area contributed by atoms with E-state index in [1.807, 2.05) is 6.07 Å². The maximum absolute atomic E-state index is 5.44. The number of para-hydroxylation sites is 1. The van der Waals surface area contributed by atoms with Crippen LogP contribution < -0.4 is 0 Å². The second-order valence-electron chi connectivity index (χ2n) is 5.82. The molecule has 1 fully saturated rings. The molecule has 1 aliphatic rings. The van der Waals surface area contributed by atoms with E-state index in [2.05, 4.69) is 44.8 Å². The average Bonchev–Trinajstić information content (AvgIpc) is 2.94. The second-order valence-corrected chi connectivity index (χ2v) is 7.05. The maximum Gasteiger partial charge on any atom is 0.211 e. The van der Waals surface area contributed by atoms with E-state index in [4.69, 9.17) is 9.72 Å². The molecule has 3 heterocycles. The SMILES string of the molecule is CCSc1nnc2c3ccccc3n(CCN3CCOCC3)c2n1. The summed E-state index contributed by atoms with van der Waals surface area (Å²) in [6, 6.07) is 8.36. The van der Waals surface area contributed by atoms with Gasteiger partial charge < -0.3 is 9.30 Å². The fourth-order valence-corrected chi connectivity index (χ4v) is 3.68. The van der Waals surface area contributed by atoms with Gasteiger partial charge >= 0.3 is 0 Å². The van der Waals surface area contributed by atoms with Gasteiger partial charge in [0.05, 0.1) is 18.7 Å². The summed E-state index contributed by atoms with van der Waals surface area (Å²) in [4.78, 5) is 7.22. The zero-order chi connectivity index (χ0) is 16.4. The number of morpholine rings is 1. The van der Waals surface area contributed by atoms with Gasteiger partial charge in [-0.3, -0.25) is 4.90 Å². The Hall–Kier alpha value is -1.70. The van der Waals surface area contributed by atoms with Gasteiger partial charge in [0.2, 0.25) is 5.16 Å². The molecule has 0 aliphatic carbocycles. The number of rotatable bonds is 5. The van der Waals surface area contributed by atoms with E-state index in [1.54, 1.807) is 11.8 Å². The largest absolute Gasteiger partial charge is 0.379 e. The van der Waals surface area contributed by atoms with Crippen molar-refractivity contribution in [3.05, 3.63) is 24.3 Å². The minimum Gasteiger partial charge on any atom is -0.379 e. The maximum atomic E-state index is 5.44. The molecule has 0 amide bonds. The van der Waals surface area contributed by atoms with Crippen LogP contribution in [0.5, 0.6) is 0 Å². The molecule has 0 atom stereocenters. The van der Waals surface area contributed by atoms with Crippen molar-refractivity contribution in [1.29, 1.82) is 0 Å². The number of fused-ring (bicyclic) bond motifs is 3. The van der Waals surface area contributed by atoms with Crippen LogP contribution in [-0.4, -0.2) is 63.2 Å². The van der Waals surface area contributed by atoms with E-state index >= 15 is 0 Å². The first-order valence-corrected chi connectivity index (χ1v) is 9.40. The molecule has 3 aromatic rings. The van der Waals surface area contributed by atoms with Crippen LogP contribution in [0.3, 0.4) is 0 Å². The highest BCUT2D eigenvalue weighted by molar-refractivity contribution is 7.99. The molecule has 6 nitrogen and oxygen atoms in total. The smallest absolute Gasteiger partial charge is 0.211 e. The van der Waals surface area contributed by atoms with Crippen LogP contribution in [0.15, 0.2) is 29.4 Å². The van der Waals surface area contributed by atoms with E-state index in [1.165, 1.54) is 5.52 Å². The summed E-state index contributed by atoms with van der Waals surface area (Å²) in [5, 5.41) is 10.6. The van der Waals surface area contributed by atoms with E-state index in [0.29, 0.717) is 0 Å². The first-order valence-electron chi connectivity index (χ1n) is 8.41. The quantitative estimate of drug-likeness (QED) is 0.663.